The molecule has 6 atom stereocenters. The number of hydrogen-bond donors (Lipinski definition) is 5. The molecule has 1 aliphatic heterocycles. The summed E-state index contributed by atoms with van der Waals surface area (Å²) in [6.45, 7) is 1.81. The minimum atomic E-state index is -1.06. The lowest BCUT2D eigenvalue weighted by Gasteiger charge is -2.36. The molecule has 6 unspecified atom stereocenters. The third-order valence-electron chi connectivity index (χ3n) is 4.67. The summed E-state index contributed by atoms with van der Waals surface area (Å²) in [5, 5.41) is 14.7. The van der Waals surface area contributed by atoms with E-state index in [0.717, 1.165) is 25.8 Å². The Morgan fingerprint density at radius 3 is 2.69 bits per heavy atom. The number of carbonyl (C=O) groups is 1. The van der Waals surface area contributed by atoms with Crippen LogP contribution in [0, 0.1) is 0 Å². The molecule has 2 aliphatic rings. The lowest BCUT2D eigenvalue weighted by Crippen LogP contribution is -2.70. The second-order valence-corrected chi connectivity index (χ2v) is 8.39. The molecule has 2 rings (SSSR count). The van der Waals surface area contributed by atoms with E-state index in [1.54, 1.807) is 0 Å². The van der Waals surface area contributed by atoms with Crippen molar-refractivity contribution in [1.29, 1.82) is 0 Å². The molecule has 2 fully saturated rings. The standard InChI is InChI=1S/C16H31Cl2FN6O/c1-25(2)7-3-6-20-14-13(19)9-21-15(23-14)24-16(26)22-10-4-5-11(17)12(18)8-10/h10-15,20-21,23H,3-9H2,1-2H3,(H2,22,24,26). The topological polar surface area (TPSA) is 80.5 Å². The summed E-state index contributed by atoms with van der Waals surface area (Å²) in [5.41, 5.74) is 0. The lowest BCUT2D eigenvalue weighted by molar-refractivity contribution is 0.129. The van der Waals surface area contributed by atoms with E-state index in [-0.39, 0.29) is 29.4 Å². The van der Waals surface area contributed by atoms with Gasteiger partial charge in [-0.15, -0.1) is 23.2 Å². The Balaban J connectivity index is 1.70. The van der Waals surface area contributed by atoms with Crippen molar-refractivity contribution in [3.05, 3.63) is 0 Å². The minimum absolute atomic E-state index is 0.00460. The predicted octanol–water partition coefficient (Wildman–Crippen LogP) is 0.735. The second-order valence-electron chi connectivity index (χ2n) is 7.27. The minimum Gasteiger partial charge on any atom is -0.335 e. The first kappa shape index (κ1) is 21.9. The summed E-state index contributed by atoms with van der Waals surface area (Å²) in [4.78, 5) is 14.3. The molecule has 26 heavy (non-hydrogen) atoms. The zero-order valence-electron chi connectivity index (χ0n) is 15.4. The highest BCUT2D eigenvalue weighted by molar-refractivity contribution is 6.30. The van der Waals surface area contributed by atoms with Gasteiger partial charge in [0.25, 0.3) is 0 Å². The number of hydrogen-bond acceptors (Lipinski definition) is 5. The molecule has 0 bridgehead atoms. The number of amides is 2. The fourth-order valence-corrected chi connectivity index (χ4v) is 3.76. The zero-order chi connectivity index (χ0) is 19.1. The third-order valence-corrected chi connectivity index (χ3v) is 5.81. The molecule has 1 saturated heterocycles. The van der Waals surface area contributed by atoms with Crippen molar-refractivity contribution in [3.63, 3.8) is 0 Å². The molecule has 2 amide bonds. The molecular weight excluding hydrogens is 382 g/mol. The lowest BCUT2D eigenvalue weighted by atomic mass is 9.95. The van der Waals surface area contributed by atoms with E-state index in [1.807, 2.05) is 14.1 Å². The van der Waals surface area contributed by atoms with Crippen molar-refractivity contribution in [3.8, 4) is 0 Å². The van der Waals surface area contributed by atoms with Crippen LogP contribution in [0.5, 0.6) is 0 Å². The van der Waals surface area contributed by atoms with E-state index in [0.29, 0.717) is 13.0 Å². The van der Waals surface area contributed by atoms with Crippen molar-refractivity contribution in [1.82, 2.24) is 31.5 Å². The average Bonchev–Trinajstić information content (AvgIpc) is 2.57. The number of urea groups is 1. The highest BCUT2D eigenvalue weighted by Crippen LogP contribution is 2.27. The largest absolute Gasteiger partial charge is 0.335 e. The van der Waals surface area contributed by atoms with Gasteiger partial charge in [0.05, 0.1) is 16.9 Å². The van der Waals surface area contributed by atoms with E-state index in [1.165, 1.54) is 0 Å². The number of halogens is 3. The maximum atomic E-state index is 14.0. The first-order chi connectivity index (χ1) is 12.3. The van der Waals surface area contributed by atoms with Gasteiger partial charge in [-0.25, -0.2) is 9.18 Å². The van der Waals surface area contributed by atoms with Gasteiger partial charge in [-0.2, -0.15) is 0 Å². The third kappa shape index (κ3) is 7.32. The Morgan fingerprint density at radius 2 is 2.00 bits per heavy atom. The van der Waals surface area contributed by atoms with Gasteiger partial charge < -0.3 is 15.5 Å². The van der Waals surface area contributed by atoms with Crippen LogP contribution in [0.1, 0.15) is 25.7 Å². The number of carbonyl (C=O) groups excluding carboxylic acids is 1. The molecule has 5 N–H and O–H groups in total. The predicted molar refractivity (Wildman–Crippen MR) is 103 cm³/mol. The van der Waals surface area contributed by atoms with Crippen LogP contribution in [0.25, 0.3) is 0 Å². The normalized spacial score (nSPS) is 35.3. The molecule has 7 nitrogen and oxygen atoms in total. The van der Waals surface area contributed by atoms with Crippen molar-refractivity contribution in [2.45, 2.75) is 61.1 Å². The molecule has 152 valence electrons. The number of rotatable bonds is 7. The monoisotopic (exact) mass is 412 g/mol. The van der Waals surface area contributed by atoms with E-state index < -0.39 is 18.6 Å². The van der Waals surface area contributed by atoms with Crippen molar-refractivity contribution in [2.24, 2.45) is 0 Å². The van der Waals surface area contributed by atoms with E-state index in [2.05, 4.69) is 31.5 Å². The van der Waals surface area contributed by atoms with Gasteiger partial charge in [0.1, 0.15) is 12.5 Å². The SMILES string of the molecule is CN(C)CCCNC1NC(NC(=O)NC2CCC(Cl)C(Cl)C2)NCC1F. The van der Waals surface area contributed by atoms with Gasteiger partial charge in [-0.05, 0) is 52.9 Å². The smallest absolute Gasteiger partial charge is 0.317 e. The summed E-state index contributed by atoms with van der Waals surface area (Å²) >= 11 is 12.3. The van der Waals surface area contributed by atoms with E-state index in [9.17, 15) is 9.18 Å². The Hall–Kier alpha value is -0.380. The highest BCUT2D eigenvalue weighted by atomic mass is 35.5. The first-order valence-corrected chi connectivity index (χ1v) is 10.1. The number of nitrogens with one attached hydrogen (secondary N) is 5. The molecule has 0 spiro atoms. The van der Waals surface area contributed by atoms with Gasteiger partial charge in [0, 0.05) is 12.6 Å². The molecule has 0 radical (unpaired) electrons. The molecular formula is C16H31Cl2FN6O. The number of nitrogens with zero attached hydrogens (tertiary/aromatic N) is 1. The summed E-state index contributed by atoms with van der Waals surface area (Å²) in [5.74, 6) is 0. The molecule has 0 aromatic carbocycles. The summed E-state index contributed by atoms with van der Waals surface area (Å²) in [6.07, 6.45) is 1.10. The van der Waals surface area contributed by atoms with Gasteiger partial charge in [-0.1, -0.05) is 0 Å². The van der Waals surface area contributed by atoms with Crippen LogP contribution in [0.2, 0.25) is 0 Å². The molecule has 0 aromatic rings. The molecule has 10 heteroatoms. The van der Waals surface area contributed by atoms with Gasteiger partial charge in [-0.3, -0.25) is 16.0 Å². The van der Waals surface area contributed by atoms with Crippen LogP contribution in [0.3, 0.4) is 0 Å². The van der Waals surface area contributed by atoms with Crippen LogP contribution < -0.4 is 26.6 Å². The summed E-state index contributed by atoms with van der Waals surface area (Å²) < 4.78 is 14.0. The first-order valence-electron chi connectivity index (χ1n) is 9.22. The Kier molecular flexibility index (Phi) is 9.12. The Bertz CT molecular complexity index is 447. The van der Waals surface area contributed by atoms with Crippen molar-refractivity contribution >= 4 is 29.2 Å². The fourth-order valence-electron chi connectivity index (χ4n) is 3.19. The zero-order valence-corrected chi connectivity index (χ0v) is 16.9. The van der Waals surface area contributed by atoms with Crippen LogP contribution in [0.4, 0.5) is 9.18 Å². The molecule has 1 heterocycles. The quantitative estimate of drug-likeness (QED) is 0.314. The fraction of sp³-hybridized carbons (Fsp3) is 0.938. The summed E-state index contributed by atoms with van der Waals surface area (Å²) in [6, 6.07) is -0.300. The second kappa shape index (κ2) is 10.8. The van der Waals surface area contributed by atoms with Crippen molar-refractivity contribution in [2.75, 3.05) is 33.7 Å². The average molecular weight is 413 g/mol. The molecule has 1 saturated carbocycles. The maximum Gasteiger partial charge on any atom is 0.317 e. The van der Waals surface area contributed by atoms with Gasteiger partial charge in [0.2, 0.25) is 0 Å². The van der Waals surface area contributed by atoms with Crippen molar-refractivity contribution < 1.29 is 9.18 Å². The molecule has 0 aromatic heterocycles. The Labute approximate surface area is 165 Å². The summed E-state index contributed by atoms with van der Waals surface area (Å²) in [7, 11) is 4.01. The van der Waals surface area contributed by atoms with Gasteiger partial charge in [0.15, 0.2) is 0 Å². The van der Waals surface area contributed by atoms with Crippen LogP contribution in [-0.2, 0) is 0 Å². The number of alkyl halides is 3. The van der Waals surface area contributed by atoms with Crippen LogP contribution in [0.15, 0.2) is 0 Å². The Morgan fingerprint density at radius 1 is 1.23 bits per heavy atom. The highest BCUT2D eigenvalue weighted by Gasteiger charge is 2.31. The van der Waals surface area contributed by atoms with Crippen LogP contribution >= 0.6 is 23.2 Å². The maximum absolute atomic E-state index is 14.0. The molecule has 1 aliphatic carbocycles. The van der Waals surface area contributed by atoms with Gasteiger partial charge >= 0.3 is 6.03 Å². The van der Waals surface area contributed by atoms with Crippen LogP contribution in [-0.4, -0.2) is 80.1 Å². The van der Waals surface area contributed by atoms with E-state index in [4.69, 9.17) is 23.2 Å². The van der Waals surface area contributed by atoms with E-state index >= 15 is 0 Å².